The van der Waals surface area contributed by atoms with E-state index in [0.717, 1.165) is 6.16 Å². The van der Waals surface area contributed by atoms with Gasteiger partial charge in [0.05, 0.1) is 0 Å². The van der Waals surface area contributed by atoms with Crippen LogP contribution in [-0.4, -0.2) is 14.5 Å². The minimum atomic E-state index is -1.71. The Balaban J connectivity index is 2.01. The van der Waals surface area contributed by atoms with Gasteiger partial charge in [-0.3, -0.25) is 0 Å². The zero-order valence-electron chi connectivity index (χ0n) is 14.0. The van der Waals surface area contributed by atoms with E-state index < -0.39 is 7.26 Å². The van der Waals surface area contributed by atoms with E-state index in [0.29, 0.717) is 14.5 Å². The molecule has 0 nitrogen and oxygen atoms in total. The summed E-state index contributed by atoms with van der Waals surface area (Å²) in [5, 5.41) is 4.38. The molecule has 0 aliphatic carbocycles. The van der Waals surface area contributed by atoms with Gasteiger partial charge in [-0.15, -0.1) is 0 Å². The van der Waals surface area contributed by atoms with E-state index in [-0.39, 0.29) is 0 Å². The van der Waals surface area contributed by atoms with Gasteiger partial charge in [-0.2, -0.15) is 0 Å². The second kappa shape index (κ2) is 7.54. The van der Waals surface area contributed by atoms with Gasteiger partial charge < -0.3 is 0 Å². The molecule has 0 radical (unpaired) electrons. The Kier molecular flexibility index (Phi) is 4.99. The first-order chi connectivity index (χ1) is 12.4. The zero-order chi connectivity index (χ0) is 17.0. The second-order valence-electron chi connectivity index (χ2n) is 6.11. The molecule has 0 spiro atoms. The van der Waals surface area contributed by atoms with Crippen LogP contribution in [-0.2, 0) is 6.16 Å². The number of benzene rings is 3. The third-order valence-electron chi connectivity index (χ3n) is 4.59. The van der Waals surface area contributed by atoms with Crippen molar-refractivity contribution in [3.63, 3.8) is 0 Å². The Hall–Kier alpha value is -1.91. The molecule has 25 heavy (non-hydrogen) atoms. The van der Waals surface area contributed by atoms with Crippen LogP contribution < -0.4 is 15.9 Å². The fraction of sp³-hybridized carbons (Fsp3) is 0.0435. The molecule has 1 heterocycles. The maximum absolute atomic E-state index is 2.44. The standard InChI is InChI=1S/C23H20PSe/c1-4-10-21(11-5-1)24(18-20-16-17-25-19-20,22-12-6-2-7-13-22)23-14-8-3-9-15-23/h1-17,19H,18H2/q+1. The van der Waals surface area contributed by atoms with Gasteiger partial charge in [0.1, 0.15) is 0 Å². The van der Waals surface area contributed by atoms with Crippen molar-refractivity contribution in [1.82, 2.24) is 0 Å². The molecule has 0 amide bonds. The van der Waals surface area contributed by atoms with Crippen LogP contribution in [0.15, 0.2) is 107 Å². The number of hydrogen-bond donors (Lipinski definition) is 0. The molecule has 2 heteroatoms. The normalized spacial score (nSPS) is 11.4. The monoisotopic (exact) mass is 407 g/mol. The van der Waals surface area contributed by atoms with Crippen molar-refractivity contribution < 1.29 is 0 Å². The van der Waals surface area contributed by atoms with Crippen LogP contribution in [0.5, 0.6) is 0 Å². The third kappa shape index (κ3) is 3.29. The van der Waals surface area contributed by atoms with E-state index in [1.54, 1.807) is 0 Å². The first-order valence-electron chi connectivity index (χ1n) is 8.45. The van der Waals surface area contributed by atoms with Crippen molar-refractivity contribution in [2.24, 2.45) is 0 Å². The van der Waals surface area contributed by atoms with Gasteiger partial charge >= 0.3 is 156 Å². The predicted molar refractivity (Wildman–Crippen MR) is 112 cm³/mol. The van der Waals surface area contributed by atoms with Crippen LogP contribution in [0.25, 0.3) is 0 Å². The molecule has 0 unspecified atom stereocenters. The predicted octanol–water partition coefficient (Wildman–Crippen LogP) is 4.24. The van der Waals surface area contributed by atoms with Crippen molar-refractivity contribution in [3.05, 3.63) is 113 Å². The summed E-state index contributed by atoms with van der Waals surface area (Å²) in [5.74, 6) is 0. The van der Waals surface area contributed by atoms with Gasteiger partial charge in [0, 0.05) is 0 Å². The molecule has 0 saturated carbocycles. The molecule has 4 aromatic rings. The maximum atomic E-state index is 2.44. The SMILES string of the molecule is c1ccc([P+](Cc2cc[se]c2)(c2ccccc2)c2ccccc2)cc1. The van der Waals surface area contributed by atoms with Gasteiger partial charge in [0.15, 0.2) is 0 Å². The summed E-state index contributed by atoms with van der Waals surface area (Å²) in [5.41, 5.74) is 1.49. The van der Waals surface area contributed by atoms with Gasteiger partial charge in [-0.1, -0.05) is 0 Å². The molecule has 0 atom stereocenters. The Morgan fingerprint density at radius 3 is 1.36 bits per heavy atom. The van der Waals surface area contributed by atoms with Crippen molar-refractivity contribution in [1.29, 1.82) is 0 Å². The van der Waals surface area contributed by atoms with Gasteiger partial charge in [-0.25, -0.2) is 0 Å². The van der Waals surface area contributed by atoms with E-state index in [4.69, 9.17) is 0 Å². The Morgan fingerprint density at radius 1 is 0.560 bits per heavy atom. The van der Waals surface area contributed by atoms with Crippen LogP contribution in [0.1, 0.15) is 5.56 Å². The first kappa shape index (κ1) is 16.6. The van der Waals surface area contributed by atoms with Crippen LogP contribution in [0, 0.1) is 0 Å². The van der Waals surface area contributed by atoms with Gasteiger partial charge in [-0.05, 0) is 0 Å². The van der Waals surface area contributed by atoms with E-state index in [1.165, 1.54) is 21.5 Å². The van der Waals surface area contributed by atoms with Crippen molar-refractivity contribution in [3.8, 4) is 0 Å². The zero-order valence-corrected chi connectivity index (χ0v) is 16.6. The summed E-state index contributed by atoms with van der Waals surface area (Å²) in [4.78, 5) is 4.77. The molecule has 0 N–H and O–H groups in total. The van der Waals surface area contributed by atoms with E-state index in [1.807, 2.05) is 0 Å². The summed E-state index contributed by atoms with van der Waals surface area (Å²) in [6, 6.07) is 35.7. The topological polar surface area (TPSA) is 0 Å². The molecular weight excluding hydrogens is 386 g/mol. The molecule has 0 saturated heterocycles. The van der Waals surface area contributed by atoms with Crippen molar-refractivity contribution >= 4 is 37.7 Å². The summed E-state index contributed by atoms with van der Waals surface area (Å²) in [6.45, 7) is 0. The number of hydrogen-bond acceptors (Lipinski definition) is 0. The fourth-order valence-electron chi connectivity index (χ4n) is 3.42. The Bertz CT molecular complexity index is 804. The molecule has 4 rings (SSSR count). The quantitative estimate of drug-likeness (QED) is 0.344. The van der Waals surface area contributed by atoms with E-state index in [2.05, 4.69) is 107 Å². The molecule has 0 bridgehead atoms. The molecule has 3 aromatic carbocycles. The summed E-state index contributed by atoms with van der Waals surface area (Å²) >= 11 is 0.523. The molecule has 122 valence electrons. The van der Waals surface area contributed by atoms with Crippen LogP contribution in [0.2, 0.25) is 0 Å². The van der Waals surface area contributed by atoms with Crippen molar-refractivity contribution in [2.75, 3.05) is 0 Å². The second-order valence-corrected chi connectivity index (χ2v) is 11.2. The fourth-order valence-corrected chi connectivity index (χ4v) is 9.34. The van der Waals surface area contributed by atoms with E-state index in [9.17, 15) is 0 Å². The Morgan fingerprint density at radius 2 is 1.00 bits per heavy atom. The van der Waals surface area contributed by atoms with Crippen molar-refractivity contribution in [2.45, 2.75) is 6.16 Å². The summed E-state index contributed by atoms with van der Waals surface area (Å²) in [7, 11) is -1.71. The molecule has 0 aliphatic heterocycles. The van der Waals surface area contributed by atoms with Crippen LogP contribution >= 0.6 is 7.26 Å². The Labute approximate surface area is 156 Å². The van der Waals surface area contributed by atoms with Gasteiger partial charge in [0.25, 0.3) is 0 Å². The average Bonchev–Trinajstić information content (AvgIpc) is 3.21. The summed E-state index contributed by atoms with van der Waals surface area (Å²) < 4.78 is 0. The van der Waals surface area contributed by atoms with Crippen LogP contribution in [0.3, 0.4) is 0 Å². The molecule has 1 aromatic heterocycles. The first-order valence-corrected chi connectivity index (χ1v) is 12.4. The molecular formula is C23H20PSe+. The van der Waals surface area contributed by atoms with E-state index >= 15 is 0 Å². The third-order valence-corrected chi connectivity index (χ3v) is 10.5. The van der Waals surface area contributed by atoms with Crippen LogP contribution in [0.4, 0.5) is 0 Å². The summed E-state index contributed by atoms with van der Waals surface area (Å²) in [6.07, 6.45) is 1.10. The number of rotatable bonds is 5. The minimum absolute atomic E-state index is 0.523. The van der Waals surface area contributed by atoms with Gasteiger partial charge in [0.2, 0.25) is 0 Å². The molecule has 0 aliphatic rings. The molecule has 0 fully saturated rings. The average molecular weight is 406 g/mol.